The third-order valence-corrected chi connectivity index (χ3v) is 6.58. The van der Waals surface area contributed by atoms with Gasteiger partial charge in [0.2, 0.25) is 6.10 Å². The molecule has 1 amide bonds. The Morgan fingerprint density at radius 2 is 2.11 bits per heavy atom. The van der Waals surface area contributed by atoms with Crippen LogP contribution in [0.2, 0.25) is 5.02 Å². The van der Waals surface area contributed by atoms with E-state index in [0.29, 0.717) is 28.1 Å². The molecule has 144 valence electrons. The molecular formula is C20H16BrClN2O3S. The van der Waals surface area contributed by atoms with Crippen molar-refractivity contribution >= 4 is 49.9 Å². The number of halogens is 2. The summed E-state index contributed by atoms with van der Waals surface area (Å²) in [6.45, 7) is 2.09. The number of carbonyl (C=O) groups is 1. The predicted octanol–water partition coefficient (Wildman–Crippen LogP) is 5.24. The van der Waals surface area contributed by atoms with Gasteiger partial charge in [-0.1, -0.05) is 29.8 Å². The van der Waals surface area contributed by atoms with Gasteiger partial charge < -0.3 is 9.47 Å². The van der Waals surface area contributed by atoms with Crippen molar-refractivity contribution in [3.05, 3.63) is 68.1 Å². The normalized spacial score (nSPS) is 15.3. The molecule has 1 atom stereocenters. The number of aryl methyl sites for hydroxylation is 1. The van der Waals surface area contributed by atoms with Gasteiger partial charge in [0.1, 0.15) is 6.61 Å². The number of nitrogens with one attached hydrogen (secondary N) is 1. The van der Waals surface area contributed by atoms with Gasteiger partial charge in [-0.3, -0.25) is 10.1 Å². The average molecular weight is 480 g/mol. The molecule has 1 aromatic heterocycles. The topological polar surface area (TPSA) is 60.5 Å². The Morgan fingerprint density at radius 3 is 2.89 bits per heavy atom. The summed E-state index contributed by atoms with van der Waals surface area (Å²) in [5.41, 5.74) is 1.96. The van der Waals surface area contributed by atoms with Crippen molar-refractivity contribution in [1.29, 1.82) is 0 Å². The second kappa shape index (κ2) is 8.11. The highest BCUT2D eigenvalue weighted by molar-refractivity contribution is 9.10. The second-order valence-electron chi connectivity index (χ2n) is 6.31. The summed E-state index contributed by atoms with van der Waals surface area (Å²) >= 11 is 11.0. The highest BCUT2D eigenvalue weighted by Gasteiger charge is 2.28. The van der Waals surface area contributed by atoms with E-state index in [4.69, 9.17) is 21.1 Å². The highest BCUT2D eigenvalue weighted by Crippen LogP contribution is 2.32. The minimum atomic E-state index is -0.715. The standard InChI is InChI=1S/C20H16BrClN2O3S/c1-11-18(9-12-6-7-13(21)14(22)8-12)28-20(23-11)24-19(25)17-10-26-15-4-2-3-5-16(15)27-17/h2-8,17H,9-10H2,1H3,(H,23,24,25). The zero-order valence-electron chi connectivity index (χ0n) is 14.9. The summed E-state index contributed by atoms with van der Waals surface area (Å²) < 4.78 is 12.2. The maximum Gasteiger partial charge on any atom is 0.270 e. The number of nitrogens with zero attached hydrogens (tertiary/aromatic N) is 1. The van der Waals surface area contributed by atoms with E-state index in [1.807, 2.05) is 43.3 Å². The van der Waals surface area contributed by atoms with Crippen molar-refractivity contribution in [2.75, 3.05) is 11.9 Å². The highest BCUT2D eigenvalue weighted by atomic mass is 79.9. The van der Waals surface area contributed by atoms with Gasteiger partial charge in [-0.25, -0.2) is 4.98 Å². The van der Waals surface area contributed by atoms with Gasteiger partial charge in [-0.05, 0) is 52.7 Å². The summed E-state index contributed by atoms with van der Waals surface area (Å²) in [5, 5.41) is 4.05. The number of ether oxygens (including phenoxy) is 2. The van der Waals surface area contributed by atoms with Crippen LogP contribution in [0.25, 0.3) is 0 Å². The molecule has 4 rings (SSSR count). The molecule has 0 saturated carbocycles. The molecule has 2 aromatic carbocycles. The molecule has 8 heteroatoms. The van der Waals surface area contributed by atoms with Crippen LogP contribution in [0.5, 0.6) is 11.5 Å². The molecule has 0 saturated heterocycles. The lowest BCUT2D eigenvalue weighted by atomic mass is 10.1. The van der Waals surface area contributed by atoms with E-state index in [9.17, 15) is 4.79 Å². The first-order chi connectivity index (χ1) is 13.5. The zero-order valence-corrected chi connectivity index (χ0v) is 18.0. The molecule has 1 aliphatic heterocycles. The third-order valence-electron chi connectivity index (χ3n) is 4.27. The predicted molar refractivity (Wildman–Crippen MR) is 114 cm³/mol. The Balaban J connectivity index is 1.43. The van der Waals surface area contributed by atoms with Crippen LogP contribution < -0.4 is 14.8 Å². The van der Waals surface area contributed by atoms with Crippen molar-refractivity contribution in [2.45, 2.75) is 19.4 Å². The van der Waals surface area contributed by atoms with Gasteiger partial charge in [0.05, 0.1) is 10.7 Å². The Hall–Kier alpha value is -2.09. The lowest BCUT2D eigenvalue weighted by Gasteiger charge is -2.25. The first-order valence-electron chi connectivity index (χ1n) is 8.59. The van der Waals surface area contributed by atoms with Crippen LogP contribution in [0, 0.1) is 6.92 Å². The van der Waals surface area contributed by atoms with Gasteiger partial charge in [0.15, 0.2) is 16.6 Å². The average Bonchev–Trinajstić information content (AvgIpc) is 3.03. The first-order valence-corrected chi connectivity index (χ1v) is 10.6. The Bertz CT molecular complexity index is 1040. The molecule has 0 bridgehead atoms. The maximum absolute atomic E-state index is 12.6. The minimum absolute atomic E-state index is 0.164. The quantitative estimate of drug-likeness (QED) is 0.556. The van der Waals surface area contributed by atoms with E-state index >= 15 is 0 Å². The molecule has 2 heterocycles. The largest absolute Gasteiger partial charge is 0.485 e. The molecule has 0 radical (unpaired) electrons. The lowest BCUT2D eigenvalue weighted by molar-refractivity contribution is -0.125. The van der Waals surface area contributed by atoms with Crippen molar-refractivity contribution in [2.24, 2.45) is 0 Å². The fourth-order valence-electron chi connectivity index (χ4n) is 2.82. The van der Waals surface area contributed by atoms with Crippen LogP contribution in [-0.4, -0.2) is 23.6 Å². The molecule has 5 nitrogen and oxygen atoms in total. The number of rotatable bonds is 4. The molecule has 0 spiro atoms. The number of aromatic nitrogens is 1. The molecular weight excluding hydrogens is 464 g/mol. The Kier molecular flexibility index (Phi) is 5.57. The van der Waals surface area contributed by atoms with E-state index < -0.39 is 6.10 Å². The van der Waals surface area contributed by atoms with Crippen LogP contribution >= 0.6 is 38.9 Å². The number of anilines is 1. The molecule has 1 N–H and O–H groups in total. The van der Waals surface area contributed by atoms with Gasteiger partial charge >= 0.3 is 0 Å². The van der Waals surface area contributed by atoms with Crippen LogP contribution in [-0.2, 0) is 11.2 Å². The fraction of sp³-hybridized carbons (Fsp3) is 0.200. The van der Waals surface area contributed by atoms with Crippen LogP contribution in [0.15, 0.2) is 46.9 Å². The number of hydrogen-bond donors (Lipinski definition) is 1. The second-order valence-corrected chi connectivity index (χ2v) is 8.65. The summed E-state index contributed by atoms with van der Waals surface area (Å²) in [5.74, 6) is 0.936. The lowest BCUT2D eigenvalue weighted by Crippen LogP contribution is -2.40. The smallest absolute Gasteiger partial charge is 0.270 e. The summed E-state index contributed by atoms with van der Waals surface area (Å²) in [6.07, 6.45) is -0.0178. The van der Waals surface area contributed by atoms with Crippen molar-refractivity contribution in [3.8, 4) is 11.5 Å². The van der Waals surface area contributed by atoms with Crippen LogP contribution in [0.3, 0.4) is 0 Å². The fourth-order valence-corrected chi connectivity index (χ4v) is 4.26. The summed E-state index contributed by atoms with van der Waals surface area (Å²) in [4.78, 5) is 18.1. The first kappa shape index (κ1) is 19.2. The molecule has 3 aromatic rings. The Labute approximate surface area is 179 Å². The molecule has 1 aliphatic rings. The number of amides is 1. The minimum Gasteiger partial charge on any atom is -0.485 e. The number of thiazole rings is 1. The van der Waals surface area contributed by atoms with Crippen molar-refractivity contribution in [1.82, 2.24) is 4.98 Å². The maximum atomic E-state index is 12.6. The third kappa shape index (κ3) is 4.16. The van der Waals surface area contributed by atoms with E-state index in [1.54, 1.807) is 6.07 Å². The molecule has 28 heavy (non-hydrogen) atoms. The van der Waals surface area contributed by atoms with Gasteiger partial charge in [-0.15, -0.1) is 11.3 Å². The SMILES string of the molecule is Cc1nc(NC(=O)C2COc3ccccc3O2)sc1Cc1ccc(Br)c(Cl)c1. The van der Waals surface area contributed by atoms with Crippen molar-refractivity contribution in [3.63, 3.8) is 0 Å². The monoisotopic (exact) mass is 478 g/mol. The number of carbonyl (C=O) groups excluding carboxylic acids is 1. The van der Waals surface area contributed by atoms with Crippen molar-refractivity contribution < 1.29 is 14.3 Å². The van der Waals surface area contributed by atoms with Crippen LogP contribution in [0.1, 0.15) is 16.1 Å². The number of hydrogen-bond acceptors (Lipinski definition) is 5. The van der Waals surface area contributed by atoms with E-state index in [-0.39, 0.29) is 12.5 Å². The van der Waals surface area contributed by atoms with Gasteiger partial charge in [0.25, 0.3) is 5.91 Å². The van der Waals surface area contributed by atoms with E-state index in [1.165, 1.54) is 11.3 Å². The molecule has 0 fully saturated rings. The summed E-state index contributed by atoms with van der Waals surface area (Å²) in [7, 11) is 0. The number of benzene rings is 2. The van der Waals surface area contributed by atoms with E-state index in [2.05, 4.69) is 26.2 Å². The number of para-hydroxylation sites is 2. The number of fused-ring (bicyclic) bond motifs is 1. The molecule has 0 aliphatic carbocycles. The van der Waals surface area contributed by atoms with Gasteiger partial charge in [-0.2, -0.15) is 0 Å². The molecule has 1 unspecified atom stereocenters. The zero-order chi connectivity index (χ0) is 19.7. The van der Waals surface area contributed by atoms with E-state index in [0.717, 1.165) is 20.6 Å². The van der Waals surface area contributed by atoms with Gasteiger partial charge in [0, 0.05) is 15.8 Å². The summed E-state index contributed by atoms with van der Waals surface area (Å²) in [6, 6.07) is 13.2. The Morgan fingerprint density at radius 1 is 1.32 bits per heavy atom. The van der Waals surface area contributed by atoms with Crippen LogP contribution in [0.4, 0.5) is 5.13 Å².